The summed E-state index contributed by atoms with van der Waals surface area (Å²) >= 11 is 0. The molecule has 1 aromatic rings. The summed E-state index contributed by atoms with van der Waals surface area (Å²) in [4.78, 5) is 0. The summed E-state index contributed by atoms with van der Waals surface area (Å²) in [5.74, 6) is 0. The Morgan fingerprint density at radius 1 is 1.07 bits per heavy atom. The zero-order valence-electron chi connectivity index (χ0n) is 10.4. The van der Waals surface area contributed by atoms with Crippen LogP contribution in [0.4, 0.5) is 0 Å². The first kappa shape index (κ1) is 12.3. The van der Waals surface area contributed by atoms with Crippen molar-refractivity contribution in [1.29, 1.82) is 0 Å². The zero-order chi connectivity index (χ0) is 11.3. The fraction of sp³-hybridized carbons (Fsp3) is 0.571. The van der Waals surface area contributed by atoms with Crippen LogP contribution in [0.15, 0.2) is 24.3 Å². The Morgan fingerprint density at radius 3 is 2.07 bits per heavy atom. The van der Waals surface area contributed by atoms with Crippen LogP contribution in [-0.4, -0.2) is 12.6 Å². The number of aryl methyl sites for hydroxylation is 2. The molecule has 0 amide bonds. The molecule has 0 radical (unpaired) electrons. The van der Waals surface area contributed by atoms with Gasteiger partial charge in [0.2, 0.25) is 0 Å². The predicted molar refractivity (Wildman–Crippen MR) is 67.3 cm³/mol. The molecule has 1 heteroatoms. The monoisotopic (exact) mass is 205 g/mol. The van der Waals surface area contributed by atoms with Gasteiger partial charge < -0.3 is 5.32 Å². The van der Waals surface area contributed by atoms with Crippen LogP contribution >= 0.6 is 0 Å². The van der Waals surface area contributed by atoms with Crippen molar-refractivity contribution in [3.63, 3.8) is 0 Å². The minimum atomic E-state index is 0.240. The smallest absolute Gasteiger partial charge is 0.0125 e. The molecule has 84 valence electrons. The number of nitrogens with one attached hydrogen (secondary N) is 1. The lowest BCUT2D eigenvalue weighted by Gasteiger charge is -2.23. The maximum absolute atomic E-state index is 3.33. The number of hydrogen-bond acceptors (Lipinski definition) is 1. The first-order chi connectivity index (χ1) is 7.07. The van der Waals surface area contributed by atoms with Gasteiger partial charge in [-0.05, 0) is 51.3 Å². The van der Waals surface area contributed by atoms with Crippen molar-refractivity contribution in [2.45, 2.75) is 45.6 Å². The second-order valence-electron chi connectivity index (χ2n) is 4.80. The summed E-state index contributed by atoms with van der Waals surface area (Å²) in [6.07, 6.45) is 3.45. The van der Waals surface area contributed by atoms with Crippen molar-refractivity contribution >= 4 is 0 Å². The summed E-state index contributed by atoms with van der Waals surface area (Å²) < 4.78 is 0. The van der Waals surface area contributed by atoms with Crippen molar-refractivity contribution in [3.05, 3.63) is 35.4 Å². The van der Waals surface area contributed by atoms with E-state index in [0.717, 1.165) is 12.8 Å². The molecule has 1 aromatic carbocycles. The largest absolute Gasteiger partial charge is 0.315 e. The first-order valence-electron chi connectivity index (χ1n) is 5.84. The van der Waals surface area contributed by atoms with E-state index in [-0.39, 0.29) is 5.54 Å². The Balaban J connectivity index is 2.51. The van der Waals surface area contributed by atoms with Crippen molar-refractivity contribution in [1.82, 2.24) is 5.32 Å². The van der Waals surface area contributed by atoms with Gasteiger partial charge in [0.15, 0.2) is 0 Å². The Morgan fingerprint density at radius 2 is 1.60 bits per heavy atom. The highest BCUT2D eigenvalue weighted by molar-refractivity contribution is 5.22. The van der Waals surface area contributed by atoms with Crippen molar-refractivity contribution in [2.24, 2.45) is 0 Å². The number of hydrogen-bond donors (Lipinski definition) is 1. The molecule has 1 nitrogen and oxygen atoms in total. The Labute approximate surface area is 93.9 Å². The normalized spacial score (nSPS) is 11.7. The number of benzene rings is 1. The van der Waals surface area contributed by atoms with Crippen LogP contribution in [0.2, 0.25) is 0 Å². The van der Waals surface area contributed by atoms with Gasteiger partial charge in [0.05, 0.1) is 0 Å². The third-order valence-electron chi connectivity index (χ3n) is 3.15. The summed E-state index contributed by atoms with van der Waals surface area (Å²) in [5.41, 5.74) is 3.10. The van der Waals surface area contributed by atoms with Gasteiger partial charge in [-0.1, -0.05) is 31.2 Å². The van der Waals surface area contributed by atoms with E-state index in [1.165, 1.54) is 17.5 Å². The standard InChI is InChI=1S/C14H23N/c1-5-12-6-8-13(9-7-12)10-11-14(2,3)15-4/h6-9,15H,5,10-11H2,1-4H3. The molecular weight excluding hydrogens is 182 g/mol. The lowest BCUT2D eigenvalue weighted by atomic mass is 9.95. The van der Waals surface area contributed by atoms with Gasteiger partial charge in [-0.3, -0.25) is 0 Å². The summed E-state index contributed by atoms with van der Waals surface area (Å²) in [7, 11) is 2.03. The van der Waals surface area contributed by atoms with Gasteiger partial charge in [-0.2, -0.15) is 0 Å². The van der Waals surface area contributed by atoms with E-state index in [9.17, 15) is 0 Å². The topological polar surface area (TPSA) is 12.0 Å². The van der Waals surface area contributed by atoms with E-state index in [2.05, 4.69) is 50.4 Å². The van der Waals surface area contributed by atoms with Gasteiger partial charge in [-0.25, -0.2) is 0 Å². The third-order valence-corrected chi connectivity index (χ3v) is 3.15. The summed E-state index contributed by atoms with van der Waals surface area (Å²) in [5, 5.41) is 3.33. The molecule has 0 aliphatic heterocycles. The molecule has 1 rings (SSSR count). The summed E-state index contributed by atoms with van der Waals surface area (Å²) in [6, 6.07) is 8.98. The fourth-order valence-electron chi connectivity index (χ4n) is 1.52. The second-order valence-corrected chi connectivity index (χ2v) is 4.80. The molecule has 15 heavy (non-hydrogen) atoms. The highest BCUT2D eigenvalue weighted by atomic mass is 14.9. The fourth-order valence-corrected chi connectivity index (χ4v) is 1.52. The van der Waals surface area contributed by atoms with Crippen molar-refractivity contribution in [3.8, 4) is 0 Å². The van der Waals surface area contributed by atoms with E-state index in [0.29, 0.717) is 0 Å². The quantitative estimate of drug-likeness (QED) is 0.778. The minimum absolute atomic E-state index is 0.240. The average Bonchev–Trinajstić information content (AvgIpc) is 2.27. The van der Waals surface area contributed by atoms with Crippen LogP contribution in [0.25, 0.3) is 0 Å². The SMILES string of the molecule is CCc1ccc(CCC(C)(C)NC)cc1. The molecule has 0 atom stereocenters. The predicted octanol–water partition coefficient (Wildman–Crippen LogP) is 3.18. The van der Waals surface area contributed by atoms with Gasteiger partial charge in [0.25, 0.3) is 0 Å². The molecule has 0 bridgehead atoms. The molecule has 0 fully saturated rings. The minimum Gasteiger partial charge on any atom is -0.315 e. The van der Waals surface area contributed by atoms with Crippen LogP contribution in [-0.2, 0) is 12.8 Å². The van der Waals surface area contributed by atoms with Crippen molar-refractivity contribution in [2.75, 3.05) is 7.05 Å². The number of rotatable bonds is 5. The molecule has 0 saturated heterocycles. The Kier molecular flexibility index (Phi) is 4.34. The van der Waals surface area contributed by atoms with E-state index in [1.54, 1.807) is 0 Å². The second kappa shape index (κ2) is 5.32. The van der Waals surface area contributed by atoms with E-state index < -0.39 is 0 Å². The molecular formula is C14H23N. The third kappa shape index (κ3) is 4.05. The molecule has 0 aromatic heterocycles. The molecule has 0 saturated carbocycles. The average molecular weight is 205 g/mol. The van der Waals surface area contributed by atoms with Gasteiger partial charge in [-0.15, -0.1) is 0 Å². The lowest BCUT2D eigenvalue weighted by Crippen LogP contribution is -2.36. The molecule has 0 spiro atoms. The van der Waals surface area contributed by atoms with Crippen LogP contribution in [0.5, 0.6) is 0 Å². The molecule has 0 aliphatic rings. The summed E-state index contributed by atoms with van der Waals surface area (Å²) in [6.45, 7) is 6.68. The zero-order valence-corrected chi connectivity index (χ0v) is 10.4. The van der Waals surface area contributed by atoms with E-state index in [1.807, 2.05) is 7.05 Å². The van der Waals surface area contributed by atoms with E-state index >= 15 is 0 Å². The maximum Gasteiger partial charge on any atom is 0.0125 e. The highest BCUT2D eigenvalue weighted by Gasteiger charge is 2.13. The Bertz CT molecular complexity index is 285. The van der Waals surface area contributed by atoms with Crippen LogP contribution in [0.1, 0.15) is 38.3 Å². The van der Waals surface area contributed by atoms with Gasteiger partial charge in [0.1, 0.15) is 0 Å². The van der Waals surface area contributed by atoms with Gasteiger partial charge in [0, 0.05) is 5.54 Å². The highest BCUT2D eigenvalue weighted by Crippen LogP contribution is 2.13. The van der Waals surface area contributed by atoms with Gasteiger partial charge >= 0.3 is 0 Å². The molecule has 0 unspecified atom stereocenters. The van der Waals surface area contributed by atoms with Crippen molar-refractivity contribution < 1.29 is 0 Å². The molecule has 0 aliphatic carbocycles. The maximum atomic E-state index is 3.33. The first-order valence-corrected chi connectivity index (χ1v) is 5.84. The Hall–Kier alpha value is -0.820. The van der Waals surface area contributed by atoms with E-state index in [4.69, 9.17) is 0 Å². The lowest BCUT2D eigenvalue weighted by molar-refractivity contribution is 0.393. The van der Waals surface area contributed by atoms with Crippen LogP contribution in [0.3, 0.4) is 0 Å². The van der Waals surface area contributed by atoms with Crippen LogP contribution < -0.4 is 5.32 Å². The molecule has 1 N–H and O–H groups in total. The molecule has 0 heterocycles. The van der Waals surface area contributed by atoms with Crippen LogP contribution in [0, 0.1) is 0 Å².